The van der Waals surface area contributed by atoms with E-state index in [1.54, 1.807) is 35.0 Å². The van der Waals surface area contributed by atoms with Crippen LogP contribution in [0.3, 0.4) is 0 Å². The summed E-state index contributed by atoms with van der Waals surface area (Å²) in [6, 6.07) is 8.30. The zero-order valence-electron chi connectivity index (χ0n) is 19.5. The second-order valence-corrected chi connectivity index (χ2v) is 12.1. The number of hydrogen-bond donors (Lipinski definition) is 0. The second kappa shape index (κ2) is 12.0. The summed E-state index contributed by atoms with van der Waals surface area (Å²) in [7, 11) is 3.70. The maximum Gasteiger partial charge on any atom is 0.330 e. The number of rotatable bonds is 7. The van der Waals surface area contributed by atoms with Gasteiger partial charge in [0.05, 0.1) is 5.52 Å². The molecule has 192 valence electrons. The van der Waals surface area contributed by atoms with E-state index >= 15 is 0 Å². The van der Waals surface area contributed by atoms with Crippen LogP contribution in [0.1, 0.15) is 33.9 Å². The van der Waals surface area contributed by atoms with Crippen molar-refractivity contribution in [3.8, 4) is 0 Å². The summed E-state index contributed by atoms with van der Waals surface area (Å²) in [5.41, 5.74) is 2.92. The van der Waals surface area contributed by atoms with Crippen molar-refractivity contribution in [2.45, 2.75) is 23.2 Å². The van der Waals surface area contributed by atoms with E-state index in [2.05, 4.69) is 0 Å². The fraction of sp³-hybridized carbons (Fsp3) is 0.280. The Morgan fingerprint density at radius 2 is 1.75 bits per heavy atom. The van der Waals surface area contributed by atoms with E-state index in [0.717, 1.165) is 16.5 Å². The van der Waals surface area contributed by atoms with Crippen molar-refractivity contribution in [3.05, 3.63) is 74.4 Å². The van der Waals surface area contributed by atoms with Crippen molar-refractivity contribution >= 4 is 98.5 Å². The topological polar surface area (TPSA) is 51.5 Å². The fourth-order valence-corrected chi connectivity index (χ4v) is 5.13. The maximum atomic E-state index is 13.5. The van der Waals surface area contributed by atoms with Crippen LogP contribution in [0.5, 0.6) is 0 Å². The van der Waals surface area contributed by atoms with Crippen LogP contribution in [0.25, 0.3) is 17.0 Å². The van der Waals surface area contributed by atoms with Crippen LogP contribution in [0, 0.1) is 6.92 Å². The maximum absolute atomic E-state index is 13.5. The van der Waals surface area contributed by atoms with E-state index < -0.39 is 9.76 Å². The summed E-state index contributed by atoms with van der Waals surface area (Å²) in [6.07, 6.45) is 4.72. The Kier molecular flexibility index (Phi) is 9.67. The zero-order chi connectivity index (χ0) is 26.8. The minimum absolute atomic E-state index is 0.112. The Morgan fingerprint density at radius 1 is 1.11 bits per heavy atom. The Bertz CT molecular complexity index is 1300. The molecule has 36 heavy (non-hydrogen) atoms. The van der Waals surface area contributed by atoms with Crippen molar-refractivity contribution in [2.24, 2.45) is 0 Å². The van der Waals surface area contributed by atoms with Gasteiger partial charge in [-0.05, 0) is 56.4 Å². The predicted octanol–water partition coefficient (Wildman–Crippen LogP) is 8.17. The van der Waals surface area contributed by atoms with Gasteiger partial charge in [-0.3, -0.25) is 9.36 Å². The van der Waals surface area contributed by atoms with Gasteiger partial charge in [0.1, 0.15) is 6.61 Å². The van der Waals surface area contributed by atoms with Crippen LogP contribution in [-0.4, -0.2) is 45.8 Å². The van der Waals surface area contributed by atoms with E-state index in [1.165, 1.54) is 6.08 Å². The number of benzene rings is 2. The molecule has 3 aromatic rings. The number of aromatic nitrogens is 1. The standard InChI is InChI=1S/C25H22Cl6N2O3/c1-14-12-33(21(34)11-20(32(2)3)24-17(27)9-16(26)10-18(24)28)19-6-4-5-15(23(14)19)7-8-22(35)36-13-25(29,30)31/h4-10,12,20H,11,13H2,1-3H3/b8-7+. The van der Waals surface area contributed by atoms with Crippen molar-refractivity contribution in [1.29, 1.82) is 0 Å². The van der Waals surface area contributed by atoms with Gasteiger partial charge >= 0.3 is 5.97 Å². The summed E-state index contributed by atoms with van der Waals surface area (Å²) < 4.78 is 4.84. The van der Waals surface area contributed by atoms with E-state index in [4.69, 9.17) is 74.3 Å². The number of halogens is 6. The third-order valence-corrected chi connectivity index (χ3v) is 6.64. The zero-order valence-corrected chi connectivity index (χ0v) is 24.0. The molecule has 0 radical (unpaired) electrons. The smallest absolute Gasteiger partial charge is 0.330 e. The van der Waals surface area contributed by atoms with Crippen LogP contribution in [-0.2, 0) is 9.53 Å². The van der Waals surface area contributed by atoms with Gasteiger partial charge in [-0.2, -0.15) is 0 Å². The largest absolute Gasteiger partial charge is 0.458 e. The summed E-state index contributed by atoms with van der Waals surface area (Å²) in [4.78, 5) is 27.4. The summed E-state index contributed by atoms with van der Waals surface area (Å²) in [6.45, 7) is 1.52. The number of aryl methyl sites for hydroxylation is 1. The van der Waals surface area contributed by atoms with Crippen LogP contribution < -0.4 is 0 Å². The molecule has 1 aromatic heterocycles. The van der Waals surface area contributed by atoms with E-state index in [1.807, 2.05) is 38.1 Å². The van der Waals surface area contributed by atoms with Gasteiger partial charge < -0.3 is 9.64 Å². The lowest BCUT2D eigenvalue weighted by Crippen LogP contribution is -2.25. The van der Waals surface area contributed by atoms with Gasteiger partial charge in [0.2, 0.25) is 9.70 Å². The normalized spacial score (nSPS) is 13.1. The molecule has 0 fully saturated rings. The van der Waals surface area contributed by atoms with Gasteiger partial charge in [0.15, 0.2) is 0 Å². The molecule has 0 saturated heterocycles. The molecule has 0 spiro atoms. The molecule has 0 aliphatic carbocycles. The third-order valence-electron chi connectivity index (χ3n) is 5.47. The number of alkyl halides is 3. The molecule has 2 aromatic carbocycles. The van der Waals surface area contributed by atoms with Crippen LogP contribution in [0.15, 0.2) is 42.6 Å². The highest BCUT2D eigenvalue weighted by Gasteiger charge is 2.26. The highest BCUT2D eigenvalue weighted by molar-refractivity contribution is 6.67. The highest BCUT2D eigenvalue weighted by atomic mass is 35.6. The Morgan fingerprint density at radius 3 is 2.33 bits per heavy atom. The van der Waals surface area contributed by atoms with E-state index in [0.29, 0.717) is 26.1 Å². The van der Waals surface area contributed by atoms with Crippen molar-refractivity contribution in [1.82, 2.24) is 9.47 Å². The fourth-order valence-electron chi connectivity index (χ4n) is 3.90. The molecule has 11 heteroatoms. The van der Waals surface area contributed by atoms with Crippen LogP contribution >= 0.6 is 69.6 Å². The van der Waals surface area contributed by atoms with Crippen molar-refractivity contribution in [2.75, 3.05) is 20.7 Å². The Hall–Kier alpha value is -1.44. The lowest BCUT2D eigenvalue weighted by Gasteiger charge is -2.26. The van der Waals surface area contributed by atoms with E-state index in [-0.39, 0.29) is 25.0 Å². The van der Waals surface area contributed by atoms with Gasteiger partial charge in [-0.15, -0.1) is 0 Å². The molecule has 1 heterocycles. The van der Waals surface area contributed by atoms with Gasteiger partial charge in [0, 0.05) is 50.8 Å². The Labute approximate surface area is 239 Å². The number of esters is 1. The van der Waals surface area contributed by atoms with Crippen LogP contribution in [0.2, 0.25) is 15.1 Å². The number of carbonyl (C=O) groups is 2. The molecule has 0 aliphatic rings. The SMILES string of the molecule is Cc1cn(C(=O)CC(c2c(Cl)cc(Cl)cc2Cl)N(C)C)c2cccc(/C=C/C(=O)OCC(Cl)(Cl)Cl)c12. The second-order valence-electron chi connectivity index (χ2n) is 8.34. The average Bonchev–Trinajstić information content (AvgIpc) is 3.11. The van der Waals surface area contributed by atoms with Gasteiger partial charge in [-0.25, -0.2) is 4.79 Å². The average molecular weight is 611 g/mol. The minimum Gasteiger partial charge on any atom is -0.458 e. The number of nitrogens with zero attached hydrogens (tertiary/aromatic N) is 2. The molecular weight excluding hydrogens is 589 g/mol. The molecule has 0 aliphatic heterocycles. The molecule has 3 rings (SSSR count). The summed E-state index contributed by atoms with van der Waals surface area (Å²) in [5.74, 6) is -0.811. The van der Waals surface area contributed by atoms with Crippen molar-refractivity contribution < 1.29 is 14.3 Å². The lowest BCUT2D eigenvalue weighted by atomic mass is 10.0. The molecule has 0 N–H and O–H groups in total. The van der Waals surface area contributed by atoms with Gasteiger partial charge in [-0.1, -0.05) is 81.7 Å². The first-order valence-corrected chi connectivity index (χ1v) is 12.9. The first-order valence-electron chi connectivity index (χ1n) is 10.6. The highest BCUT2D eigenvalue weighted by Crippen LogP contribution is 2.38. The molecular formula is C25H22Cl6N2O3. The molecule has 1 unspecified atom stereocenters. The van der Waals surface area contributed by atoms with Crippen LogP contribution in [0.4, 0.5) is 0 Å². The molecule has 1 atom stereocenters. The molecule has 0 saturated carbocycles. The number of fused-ring (bicyclic) bond motifs is 1. The molecule has 0 amide bonds. The molecule has 0 bridgehead atoms. The predicted molar refractivity (Wildman–Crippen MR) is 150 cm³/mol. The molecule has 5 nitrogen and oxygen atoms in total. The lowest BCUT2D eigenvalue weighted by molar-refractivity contribution is -0.137. The number of carbonyl (C=O) groups excluding carboxylic acids is 2. The first kappa shape index (κ1) is 29.1. The quantitative estimate of drug-likeness (QED) is 0.154. The monoisotopic (exact) mass is 608 g/mol. The van der Waals surface area contributed by atoms with Gasteiger partial charge in [0.25, 0.3) is 0 Å². The number of hydrogen-bond acceptors (Lipinski definition) is 4. The summed E-state index contributed by atoms with van der Waals surface area (Å²) in [5, 5.41) is 2.02. The minimum atomic E-state index is -1.69. The first-order chi connectivity index (χ1) is 16.8. The number of ether oxygens (including phenoxy) is 1. The third kappa shape index (κ3) is 7.11. The summed E-state index contributed by atoms with van der Waals surface area (Å²) >= 11 is 35.8. The Balaban J connectivity index is 1.92. The van der Waals surface area contributed by atoms with E-state index in [9.17, 15) is 9.59 Å². The van der Waals surface area contributed by atoms with Crippen molar-refractivity contribution in [3.63, 3.8) is 0 Å².